The van der Waals surface area contributed by atoms with Gasteiger partial charge >= 0.3 is 0 Å². The van der Waals surface area contributed by atoms with Gasteiger partial charge in [0.05, 0.1) is 0 Å². The Morgan fingerprint density at radius 2 is 0.829 bits per heavy atom. The molecule has 0 heterocycles. The summed E-state index contributed by atoms with van der Waals surface area (Å²) in [7, 11) is 0. The zero-order valence-corrected chi connectivity index (χ0v) is 19.6. The van der Waals surface area contributed by atoms with Gasteiger partial charge in [0, 0.05) is 23.8 Å². The molecule has 8 N–H and O–H groups in total. The molecule has 0 aliphatic carbocycles. The summed E-state index contributed by atoms with van der Waals surface area (Å²) in [4.78, 5) is 0. The Hall–Kier alpha value is -4.72. The molecule has 0 saturated heterocycles. The van der Waals surface area contributed by atoms with Crippen molar-refractivity contribution >= 4 is 0 Å². The number of benzene rings is 4. The molecule has 0 radical (unpaired) electrons. The number of aryl methyl sites for hydroxylation is 2. The van der Waals surface area contributed by atoms with Crippen molar-refractivity contribution in [1.82, 2.24) is 0 Å². The summed E-state index contributed by atoms with van der Waals surface area (Å²) < 4.78 is 0. The van der Waals surface area contributed by atoms with Crippen LogP contribution in [0.4, 0.5) is 0 Å². The number of rotatable bonds is 0. The van der Waals surface area contributed by atoms with E-state index in [2.05, 4.69) is 0 Å². The fraction of sp³-hybridized carbons (Fsp3) is 0.111. The summed E-state index contributed by atoms with van der Waals surface area (Å²) in [6.45, 7) is 5.24. The zero-order chi connectivity index (χ0) is 26.5. The molecule has 0 aromatic heterocycles. The second-order valence-electron chi connectivity index (χ2n) is 7.44. The molecule has 186 valence electrons. The highest BCUT2D eigenvalue weighted by molar-refractivity contribution is 5.41. The van der Waals surface area contributed by atoms with E-state index in [1.54, 1.807) is 51.1 Å². The molecule has 0 fully saturated rings. The summed E-state index contributed by atoms with van der Waals surface area (Å²) in [5.74, 6) is 0.883. The molecule has 4 aromatic carbocycles. The van der Waals surface area contributed by atoms with Gasteiger partial charge in [0.1, 0.15) is 46.0 Å². The highest BCUT2D eigenvalue weighted by atomic mass is 16.3. The largest absolute Gasteiger partial charge is 0.508 e. The van der Waals surface area contributed by atoms with Crippen molar-refractivity contribution in [2.75, 3.05) is 0 Å². The standard InChI is InChI=1S/3C7H8O2.C6H6O2/c1-5-2-6(8)4-7(9)3-5;1-5-2-3-6(8)4-7(5)9;1-5-6(8)3-2-4-7(5)9;7-5-2-1-3-6(8)4-5/h3*2-4,8-9H,1H3;1-4,7-8H. The van der Waals surface area contributed by atoms with Gasteiger partial charge < -0.3 is 40.9 Å². The molecular weight excluding hydrogens is 452 g/mol. The summed E-state index contributed by atoms with van der Waals surface area (Å²) in [6.07, 6.45) is 0. The molecule has 4 aromatic rings. The first-order valence-electron chi connectivity index (χ1n) is 10.3. The summed E-state index contributed by atoms with van der Waals surface area (Å²) in [5, 5.41) is 70.6. The molecule has 8 heteroatoms. The van der Waals surface area contributed by atoms with Crippen molar-refractivity contribution in [2.45, 2.75) is 20.8 Å². The monoisotopic (exact) mass is 482 g/mol. The van der Waals surface area contributed by atoms with E-state index >= 15 is 0 Å². The second-order valence-corrected chi connectivity index (χ2v) is 7.44. The van der Waals surface area contributed by atoms with Gasteiger partial charge in [0.15, 0.2) is 0 Å². The summed E-state index contributed by atoms with van der Waals surface area (Å²) in [5.41, 5.74) is 2.15. The SMILES string of the molecule is Cc1c(O)cccc1O.Cc1cc(O)cc(O)c1.Cc1ccc(O)cc1O.Oc1cccc(O)c1. The Kier molecular flexibility index (Phi) is 11.1. The van der Waals surface area contributed by atoms with Crippen LogP contribution in [-0.4, -0.2) is 40.9 Å². The molecule has 4 rings (SSSR count). The molecule has 0 unspecified atom stereocenters. The Morgan fingerprint density at radius 3 is 1.17 bits per heavy atom. The van der Waals surface area contributed by atoms with Crippen LogP contribution in [0.1, 0.15) is 16.7 Å². The maximum Gasteiger partial charge on any atom is 0.122 e. The zero-order valence-electron chi connectivity index (χ0n) is 19.6. The van der Waals surface area contributed by atoms with Crippen LogP contribution in [0.2, 0.25) is 0 Å². The molecule has 0 bridgehead atoms. The third-order valence-corrected chi connectivity index (χ3v) is 4.35. The molecule has 35 heavy (non-hydrogen) atoms. The smallest absolute Gasteiger partial charge is 0.122 e. The van der Waals surface area contributed by atoms with Gasteiger partial charge in [-0.3, -0.25) is 0 Å². The maximum absolute atomic E-state index is 8.94. The maximum atomic E-state index is 8.94. The molecule has 0 aliphatic heterocycles. The van der Waals surface area contributed by atoms with Gasteiger partial charge in [-0.1, -0.05) is 18.2 Å². The lowest BCUT2D eigenvalue weighted by molar-refractivity contribution is 0.443. The van der Waals surface area contributed by atoms with Crippen LogP contribution in [0.25, 0.3) is 0 Å². The molecule has 0 aliphatic rings. The van der Waals surface area contributed by atoms with E-state index in [1.165, 1.54) is 48.5 Å². The fourth-order valence-corrected chi connectivity index (χ4v) is 2.45. The van der Waals surface area contributed by atoms with Gasteiger partial charge in [0.2, 0.25) is 0 Å². The highest BCUT2D eigenvalue weighted by Gasteiger charge is 1.97. The number of hydrogen-bond donors (Lipinski definition) is 8. The summed E-state index contributed by atoms with van der Waals surface area (Å²) >= 11 is 0. The second kappa shape index (κ2) is 13.7. The van der Waals surface area contributed by atoms with E-state index in [-0.39, 0.29) is 46.0 Å². The quantitative estimate of drug-likeness (QED) is 0.167. The number of phenols is 8. The molecular formula is C27H30O8. The average Bonchev–Trinajstić information content (AvgIpc) is 2.75. The van der Waals surface area contributed by atoms with E-state index in [0.29, 0.717) is 5.56 Å². The number of phenolic OH excluding ortho intramolecular Hbond substituents is 8. The van der Waals surface area contributed by atoms with Crippen molar-refractivity contribution in [1.29, 1.82) is 0 Å². The Bertz CT molecular complexity index is 1130. The van der Waals surface area contributed by atoms with Gasteiger partial charge in [-0.2, -0.15) is 0 Å². The average molecular weight is 483 g/mol. The van der Waals surface area contributed by atoms with Crippen LogP contribution in [0, 0.1) is 20.8 Å². The van der Waals surface area contributed by atoms with Crippen LogP contribution in [0.3, 0.4) is 0 Å². The number of aromatic hydroxyl groups is 8. The van der Waals surface area contributed by atoms with Crippen LogP contribution in [-0.2, 0) is 0 Å². The van der Waals surface area contributed by atoms with Crippen molar-refractivity contribution in [3.8, 4) is 46.0 Å². The van der Waals surface area contributed by atoms with Crippen molar-refractivity contribution in [3.05, 3.63) is 95.6 Å². The van der Waals surface area contributed by atoms with E-state index in [0.717, 1.165) is 11.1 Å². The molecule has 0 saturated carbocycles. The van der Waals surface area contributed by atoms with Gasteiger partial charge in [0.25, 0.3) is 0 Å². The van der Waals surface area contributed by atoms with Crippen molar-refractivity contribution in [3.63, 3.8) is 0 Å². The van der Waals surface area contributed by atoms with Crippen molar-refractivity contribution in [2.24, 2.45) is 0 Å². The van der Waals surface area contributed by atoms with Crippen molar-refractivity contribution < 1.29 is 40.9 Å². The topological polar surface area (TPSA) is 162 Å². The van der Waals surface area contributed by atoms with Gasteiger partial charge in [-0.25, -0.2) is 0 Å². The first-order chi connectivity index (χ1) is 16.4. The van der Waals surface area contributed by atoms with Crippen LogP contribution in [0.5, 0.6) is 46.0 Å². The van der Waals surface area contributed by atoms with E-state index in [9.17, 15) is 0 Å². The lowest BCUT2D eigenvalue weighted by atomic mass is 10.2. The highest BCUT2D eigenvalue weighted by Crippen LogP contribution is 2.24. The first-order valence-corrected chi connectivity index (χ1v) is 10.3. The molecule has 0 atom stereocenters. The predicted octanol–water partition coefficient (Wildman–Crippen LogP) is 5.32. The summed E-state index contributed by atoms with van der Waals surface area (Å²) in [6, 6.07) is 19.5. The molecule has 0 spiro atoms. The van der Waals surface area contributed by atoms with Gasteiger partial charge in [-0.15, -0.1) is 0 Å². The Balaban J connectivity index is 0.000000234. The van der Waals surface area contributed by atoms with E-state index in [4.69, 9.17) is 40.9 Å². The minimum Gasteiger partial charge on any atom is -0.508 e. The Morgan fingerprint density at radius 1 is 0.400 bits per heavy atom. The number of hydrogen-bond acceptors (Lipinski definition) is 8. The molecule has 8 nitrogen and oxygen atoms in total. The predicted molar refractivity (Wildman–Crippen MR) is 133 cm³/mol. The minimum atomic E-state index is 0.0880. The normalized spacial score (nSPS) is 9.34. The fourth-order valence-electron chi connectivity index (χ4n) is 2.45. The van der Waals surface area contributed by atoms with Crippen LogP contribution in [0.15, 0.2) is 78.9 Å². The van der Waals surface area contributed by atoms with Gasteiger partial charge in [-0.05, 0) is 74.4 Å². The lowest BCUT2D eigenvalue weighted by Gasteiger charge is -1.98. The third-order valence-electron chi connectivity index (χ3n) is 4.35. The first kappa shape index (κ1) is 28.3. The molecule has 0 amide bonds. The minimum absolute atomic E-state index is 0.0880. The van der Waals surface area contributed by atoms with E-state index < -0.39 is 0 Å². The lowest BCUT2D eigenvalue weighted by Crippen LogP contribution is -1.73. The van der Waals surface area contributed by atoms with E-state index in [1.807, 2.05) is 0 Å². The van der Waals surface area contributed by atoms with Crippen LogP contribution >= 0.6 is 0 Å². The third kappa shape index (κ3) is 11.1. The Labute approximate surface area is 203 Å². The van der Waals surface area contributed by atoms with Crippen LogP contribution < -0.4 is 0 Å².